The summed E-state index contributed by atoms with van der Waals surface area (Å²) >= 11 is 0. The number of aryl methyl sites for hydroxylation is 1. The van der Waals surface area contributed by atoms with Crippen molar-refractivity contribution >= 4 is 11.1 Å². The zero-order valence-corrected chi connectivity index (χ0v) is 10.8. The molecular formula is C14H14N4O. The van der Waals surface area contributed by atoms with Crippen molar-refractivity contribution in [1.82, 2.24) is 15.0 Å². The van der Waals surface area contributed by atoms with Crippen LogP contribution >= 0.6 is 0 Å². The Hall–Kier alpha value is -2.27. The second kappa shape index (κ2) is 4.44. The molecule has 0 spiro atoms. The highest BCUT2D eigenvalue weighted by molar-refractivity contribution is 5.79. The number of benzene rings is 1. The van der Waals surface area contributed by atoms with E-state index in [2.05, 4.69) is 15.0 Å². The Morgan fingerprint density at radius 1 is 1.21 bits per heavy atom. The van der Waals surface area contributed by atoms with Gasteiger partial charge in [-0.25, -0.2) is 15.0 Å². The number of rotatable bonds is 2. The lowest BCUT2D eigenvalue weighted by Gasteiger charge is -2.06. The molecule has 5 nitrogen and oxygen atoms in total. The van der Waals surface area contributed by atoms with Crippen molar-refractivity contribution in [2.75, 3.05) is 0 Å². The standard InChI is InChI=1S/C14H14N4O/c1-8(15)14-16-6-5-11(18-14)10-3-4-13-12(7-10)17-9(2)19-13/h3-8H,15H2,1-2H3. The highest BCUT2D eigenvalue weighted by Crippen LogP contribution is 2.23. The van der Waals surface area contributed by atoms with Gasteiger partial charge in [-0.05, 0) is 31.2 Å². The van der Waals surface area contributed by atoms with Crippen LogP contribution in [0.4, 0.5) is 0 Å². The van der Waals surface area contributed by atoms with Crippen molar-refractivity contribution in [3.8, 4) is 11.3 Å². The molecule has 2 heterocycles. The highest BCUT2D eigenvalue weighted by Gasteiger charge is 2.08. The van der Waals surface area contributed by atoms with Crippen LogP contribution in [0.5, 0.6) is 0 Å². The molecule has 19 heavy (non-hydrogen) atoms. The third kappa shape index (κ3) is 2.20. The van der Waals surface area contributed by atoms with Gasteiger partial charge in [0.15, 0.2) is 11.5 Å². The van der Waals surface area contributed by atoms with Gasteiger partial charge in [0.1, 0.15) is 11.3 Å². The van der Waals surface area contributed by atoms with Crippen LogP contribution in [-0.2, 0) is 0 Å². The zero-order valence-electron chi connectivity index (χ0n) is 10.8. The summed E-state index contributed by atoms with van der Waals surface area (Å²) in [5, 5.41) is 0. The van der Waals surface area contributed by atoms with E-state index in [1.165, 1.54) is 0 Å². The Bertz CT molecular complexity index is 733. The first-order valence-corrected chi connectivity index (χ1v) is 6.09. The van der Waals surface area contributed by atoms with Gasteiger partial charge in [-0.1, -0.05) is 0 Å². The van der Waals surface area contributed by atoms with E-state index in [4.69, 9.17) is 10.2 Å². The van der Waals surface area contributed by atoms with Gasteiger partial charge >= 0.3 is 0 Å². The first-order valence-electron chi connectivity index (χ1n) is 6.09. The summed E-state index contributed by atoms with van der Waals surface area (Å²) in [5.41, 5.74) is 9.23. The molecule has 3 aromatic rings. The minimum Gasteiger partial charge on any atom is -0.441 e. The van der Waals surface area contributed by atoms with E-state index >= 15 is 0 Å². The zero-order chi connectivity index (χ0) is 13.4. The molecule has 1 aromatic carbocycles. The van der Waals surface area contributed by atoms with Crippen molar-refractivity contribution in [3.63, 3.8) is 0 Å². The van der Waals surface area contributed by atoms with Crippen molar-refractivity contribution in [2.24, 2.45) is 5.73 Å². The number of aromatic nitrogens is 3. The van der Waals surface area contributed by atoms with Crippen LogP contribution in [0.1, 0.15) is 24.7 Å². The van der Waals surface area contributed by atoms with Crippen LogP contribution in [0, 0.1) is 6.92 Å². The molecule has 0 amide bonds. The van der Waals surface area contributed by atoms with Crippen LogP contribution in [0.25, 0.3) is 22.4 Å². The second-order valence-electron chi connectivity index (χ2n) is 4.50. The number of nitrogens with two attached hydrogens (primary N) is 1. The Morgan fingerprint density at radius 3 is 2.84 bits per heavy atom. The number of hydrogen-bond donors (Lipinski definition) is 1. The summed E-state index contributed by atoms with van der Waals surface area (Å²) in [5.74, 6) is 1.29. The minimum atomic E-state index is -0.182. The van der Waals surface area contributed by atoms with E-state index in [9.17, 15) is 0 Å². The quantitative estimate of drug-likeness (QED) is 0.760. The van der Waals surface area contributed by atoms with Gasteiger partial charge in [0.05, 0.1) is 11.7 Å². The molecule has 0 radical (unpaired) electrons. The van der Waals surface area contributed by atoms with Crippen molar-refractivity contribution in [2.45, 2.75) is 19.9 Å². The van der Waals surface area contributed by atoms with Crippen molar-refractivity contribution < 1.29 is 4.42 Å². The Balaban J connectivity index is 2.10. The SMILES string of the molecule is Cc1nc2cc(-c3ccnc(C(C)N)n3)ccc2o1. The average Bonchev–Trinajstić information content (AvgIpc) is 2.77. The van der Waals surface area contributed by atoms with E-state index < -0.39 is 0 Å². The maximum Gasteiger partial charge on any atom is 0.192 e. The fourth-order valence-electron chi connectivity index (χ4n) is 1.96. The van der Waals surface area contributed by atoms with Crippen LogP contribution in [-0.4, -0.2) is 15.0 Å². The van der Waals surface area contributed by atoms with Gasteiger partial charge < -0.3 is 10.2 Å². The first kappa shape index (κ1) is 11.8. The molecule has 1 unspecified atom stereocenters. The van der Waals surface area contributed by atoms with E-state index in [0.29, 0.717) is 11.7 Å². The normalized spacial score (nSPS) is 12.8. The molecule has 2 aromatic heterocycles. The number of fused-ring (bicyclic) bond motifs is 1. The molecule has 5 heteroatoms. The molecule has 0 aliphatic carbocycles. The molecule has 0 fully saturated rings. The average molecular weight is 254 g/mol. The number of nitrogens with zero attached hydrogens (tertiary/aromatic N) is 3. The monoisotopic (exact) mass is 254 g/mol. The lowest BCUT2D eigenvalue weighted by molar-refractivity contribution is 0.561. The molecule has 2 N–H and O–H groups in total. The summed E-state index contributed by atoms with van der Waals surface area (Å²) in [7, 11) is 0. The molecule has 0 saturated carbocycles. The summed E-state index contributed by atoms with van der Waals surface area (Å²) in [6, 6.07) is 7.50. The lowest BCUT2D eigenvalue weighted by atomic mass is 10.1. The van der Waals surface area contributed by atoms with E-state index in [-0.39, 0.29) is 6.04 Å². The third-order valence-corrected chi connectivity index (χ3v) is 2.87. The van der Waals surface area contributed by atoms with Gasteiger partial charge in [0.2, 0.25) is 0 Å². The summed E-state index contributed by atoms with van der Waals surface area (Å²) in [6.07, 6.45) is 1.72. The van der Waals surface area contributed by atoms with Gasteiger partial charge in [-0.15, -0.1) is 0 Å². The maximum absolute atomic E-state index is 5.80. The lowest BCUT2D eigenvalue weighted by Crippen LogP contribution is -2.09. The topological polar surface area (TPSA) is 77.8 Å². The van der Waals surface area contributed by atoms with Crippen LogP contribution in [0.3, 0.4) is 0 Å². The fourth-order valence-corrected chi connectivity index (χ4v) is 1.96. The molecule has 96 valence electrons. The van der Waals surface area contributed by atoms with E-state index in [0.717, 1.165) is 22.4 Å². The smallest absolute Gasteiger partial charge is 0.192 e. The van der Waals surface area contributed by atoms with Crippen LogP contribution in [0.2, 0.25) is 0 Å². The first-order chi connectivity index (χ1) is 9.13. The van der Waals surface area contributed by atoms with Gasteiger partial charge in [-0.2, -0.15) is 0 Å². The third-order valence-electron chi connectivity index (χ3n) is 2.87. The molecule has 0 aliphatic heterocycles. The Kier molecular flexibility index (Phi) is 2.76. The molecule has 3 rings (SSSR count). The van der Waals surface area contributed by atoms with Crippen LogP contribution in [0.15, 0.2) is 34.9 Å². The van der Waals surface area contributed by atoms with Crippen LogP contribution < -0.4 is 5.73 Å². The van der Waals surface area contributed by atoms with Gasteiger partial charge in [0.25, 0.3) is 0 Å². The second-order valence-corrected chi connectivity index (χ2v) is 4.50. The number of hydrogen-bond acceptors (Lipinski definition) is 5. The van der Waals surface area contributed by atoms with Gasteiger partial charge in [0, 0.05) is 18.7 Å². The van der Waals surface area contributed by atoms with Gasteiger partial charge in [-0.3, -0.25) is 0 Å². The summed E-state index contributed by atoms with van der Waals surface area (Å²) in [6.45, 7) is 3.70. The maximum atomic E-state index is 5.80. The summed E-state index contributed by atoms with van der Waals surface area (Å²) in [4.78, 5) is 12.9. The Labute approximate surface area is 110 Å². The van der Waals surface area contributed by atoms with E-state index in [1.807, 2.05) is 38.1 Å². The minimum absolute atomic E-state index is 0.182. The summed E-state index contributed by atoms with van der Waals surface area (Å²) < 4.78 is 5.46. The number of oxazole rings is 1. The highest BCUT2D eigenvalue weighted by atomic mass is 16.3. The van der Waals surface area contributed by atoms with E-state index in [1.54, 1.807) is 6.20 Å². The molecule has 1 atom stereocenters. The fraction of sp³-hybridized carbons (Fsp3) is 0.214. The molecular weight excluding hydrogens is 240 g/mol. The van der Waals surface area contributed by atoms with Crippen molar-refractivity contribution in [1.29, 1.82) is 0 Å². The van der Waals surface area contributed by atoms with Crippen molar-refractivity contribution in [3.05, 3.63) is 42.2 Å². The predicted octanol–water partition coefficient (Wildman–Crippen LogP) is 2.61. The molecule has 0 saturated heterocycles. The Morgan fingerprint density at radius 2 is 2.05 bits per heavy atom. The largest absolute Gasteiger partial charge is 0.441 e. The molecule has 0 bridgehead atoms. The molecule has 0 aliphatic rings. The predicted molar refractivity (Wildman–Crippen MR) is 72.4 cm³/mol.